The van der Waals surface area contributed by atoms with Gasteiger partial charge < -0.3 is 10.2 Å². The van der Waals surface area contributed by atoms with Gasteiger partial charge in [0.2, 0.25) is 11.8 Å². The van der Waals surface area contributed by atoms with Crippen LogP contribution >= 0.6 is 11.6 Å². The van der Waals surface area contributed by atoms with Crippen LogP contribution in [-0.2, 0) is 26.2 Å². The number of anilines is 1. The molecule has 0 spiro atoms. The summed E-state index contributed by atoms with van der Waals surface area (Å²) in [6.45, 7) is 7.68. The Kier molecular flexibility index (Phi) is 10.5. The maximum Gasteiger partial charge on any atom is 0.264 e. The van der Waals surface area contributed by atoms with Gasteiger partial charge in [-0.25, -0.2) is 8.42 Å². The molecule has 0 aliphatic carbocycles. The molecule has 0 radical (unpaired) electrons. The lowest BCUT2D eigenvalue weighted by Crippen LogP contribution is -2.52. The second-order valence-corrected chi connectivity index (χ2v) is 12.1. The summed E-state index contributed by atoms with van der Waals surface area (Å²) < 4.78 is 28.7. The number of nitrogens with one attached hydrogen (secondary N) is 1. The highest BCUT2D eigenvalue weighted by molar-refractivity contribution is 7.92. The first kappa shape index (κ1) is 30.2. The van der Waals surface area contributed by atoms with E-state index in [1.165, 1.54) is 17.0 Å². The molecule has 2 amide bonds. The largest absolute Gasteiger partial charge is 0.354 e. The molecule has 0 unspecified atom stereocenters. The molecule has 9 heteroatoms. The minimum absolute atomic E-state index is 0.0547. The van der Waals surface area contributed by atoms with Crippen molar-refractivity contribution in [1.82, 2.24) is 10.2 Å². The SMILES string of the molecule is CC[C@@H](C(=O)NCC(C)C)N(Cc1ccccc1Cl)C(=O)CN(c1cccc(C)c1)S(=O)(=O)c1ccccc1. The Hall–Kier alpha value is -3.36. The van der Waals surface area contributed by atoms with Crippen LogP contribution in [-0.4, -0.2) is 44.3 Å². The molecule has 0 aromatic heterocycles. The van der Waals surface area contributed by atoms with Crippen LogP contribution in [0, 0.1) is 12.8 Å². The quantitative estimate of drug-likeness (QED) is 0.315. The second kappa shape index (κ2) is 13.6. The highest BCUT2D eigenvalue weighted by Gasteiger charge is 2.34. The number of hydrogen-bond donors (Lipinski definition) is 1. The molecular formula is C30H36ClN3O4S. The maximum absolute atomic E-state index is 14.0. The predicted octanol–water partition coefficient (Wildman–Crippen LogP) is 5.42. The zero-order valence-corrected chi connectivity index (χ0v) is 24.4. The van der Waals surface area contributed by atoms with E-state index in [2.05, 4.69) is 5.32 Å². The standard InChI is InChI=1S/C30H36ClN3O4S/c1-5-28(30(36)32-19-22(2)3)33(20-24-13-9-10-17-27(24)31)29(35)21-34(25-14-11-12-23(4)18-25)39(37,38)26-15-7-6-8-16-26/h6-18,22,28H,5,19-21H2,1-4H3,(H,32,36)/t28-/m0/s1. The number of carbonyl (C=O) groups excluding carboxylic acids is 2. The molecule has 1 N–H and O–H groups in total. The van der Waals surface area contributed by atoms with Crippen molar-refractivity contribution in [3.05, 3.63) is 95.0 Å². The smallest absolute Gasteiger partial charge is 0.264 e. The van der Waals surface area contributed by atoms with Crippen LogP contribution < -0.4 is 9.62 Å². The van der Waals surface area contributed by atoms with E-state index in [1.54, 1.807) is 54.6 Å². The number of sulfonamides is 1. The number of rotatable bonds is 12. The summed E-state index contributed by atoms with van der Waals surface area (Å²) in [7, 11) is -4.10. The average Bonchev–Trinajstić information content (AvgIpc) is 2.91. The minimum Gasteiger partial charge on any atom is -0.354 e. The Morgan fingerprint density at radius 3 is 2.23 bits per heavy atom. The lowest BCUT2D eigenvalue weighted by molar-refractivity contribution is -0.140. The number of amides is 2. The summed E-state index contributed by atoms with van der Waals surface area (Å²) in [6, 6.07) is 21.3. The molecule has 3 rings (SSSR count). The Bertz CT molecular complexity index is 1380. The van der Waals surface area contributed by atoms with Gasteiger partial charge in [-0.3, -0.25) is 13.9 Å². The number of halogens is 1. The summed E-state index contributed by atoms with van der Waals surface area (Å²) in [5.41, 5.74) is 1.87. The fourth-order valence-electron chi connectivity index (χ4n) is 4.18. The zero-order valence-electron chi connectivity index (χ0n) is 22.8. The van der Waals surface area contributed by atoms with Crippen molar-refractivity contribution in [3.63, 3.8) is 0 Å². The molecule has 3 aromatic rings. The lowest BCUT2D eigenvalue weighted by atomic mass is 10.1. The first-order valence-corrected chi connectivity index (χ1v) is 14.8. The van der Waals surface area contributed by atoms with Gasteiger partial charge in [0, 0.05) is 18.1 Å². The van der Waals surface area contributed by atoms with Crippen molar-refractivity contribution >= 4 is 39.1 Å². The van der Waals surface area contributed by atoms with Crippen LogP contribution in [0.3, 0.4) is 0 Å². The van der Waals surface area contributed by atoms with Gasteiger partial charge in [-0.2, -0.15) is 0 Å². The Labute approximate surface area is 236 Å². The van der Waals surface area contributed by atoms with Crippen LogP contribution in [0.15, 0.2) is 83.8 Å². The van der Waals surface area contributed by atoms with Crippen LogP contribution in [0.5, 0.6) is 0 Å². The van der Waals surface area contributed by atoms with E-state index < -0.39 is 28.5 Å². The van der Waals surface area contributed by atoms with Crippen molar-refractivity contribution in [2.45, 2.75) is 51.6 Å². The molecule has 0 heterocycles. The van der Waals surface area contributed by atoms with E-state index in [1.807, 2.05) is 39.8 Å². The van der Waals surface area contributed by atoms with E-state index in [0.29, 0.717) is 29.2 Å². The van der Waals surface area contributed by atoms with E-state index in [-0.39, 0.29) is 23.3 Å². The minimum atomic E-state index is -4.10. The summed E-state index contributed by atoms with van der Waals surface area (Å²) in [4.78, 5) is 28.8. The first-order chi connectivity index (χ1) is 18.5. The van der Waals surface area contributed by atoms with E-state index in [4.69, 9.17) is 11.6 Å². The molecule has 3 aromatic carbocycles. The molecule has 7 nitrogen and oxygen atoms in total. The summed E-state index contributed by atoms with van der Waals surface area (Å²) in [5, 5.41) is 3.38. The van der Waals surface area contributed by atoms with Crippen molar-refractivity contribution in [2.75, 3.05) is 17.4 Å². The highest BCUT2D eigenvalue weighted by Crippen LogP contribution is 2.26. The van der Waals surface area contributed by atoms with Crippen molar-refractivity contribution < 1.29 is 18.0 Å². The Morgan fingerprint density at radius 2 is 1.62 bits per heavy atom. The predicted molar refractivity (Wildman–Crippen MR) is 156 cm³/mol. The highest BCUT2D eigenvalue weighted by atomic mass is 35.5. The summed E-state index contributed by atoms with van der Waals surface area (Å²) in [6.07, 6.45) is 0.343. The monoisotopic (exact) mass is 569 g/mol. The van der Waals surface area contributed by atoms with Gasteiger partial charge in [-0.05, 0) is 60.7 Å². The third-order valence-corrected chi connectivity index (χ3v) is 8.43. The molecule has 0 saturated heterocycles. The molecule has 0 bridgehead atoms. The van der Waals surface area contributed by atoms with E-state index in [0.717, 1.165) is 9.87 Å². The third-order valence-electron chi connectivity index (χ3n) is 6.27. The van der Waals surface area contributed by atoms with Gasteiger partial charge in [0.05, 0.1) is 10.6 Å². The van der Waals surface area contributed by atoms with E-state index in [9.17, 15) is 18.0 Å². The van der Waals surface area contributed by atoms with Crippen LogP contribution in [0.1, 0.15) is 38.3 Å². The summed E-state index contributed by atoms with van der Waals surface area (Å²) >= 11 is 6.43. The van der Waals surface area contributed by atoms with Crippen molar-refractivity contribution in [1.29, 1.82) is 0 Å². The van der Waals surface area contributed by atoms with Crippen LogP contribution in [0.2, 0.25) is 5.02 Å². The molecule has 39 heavy (non-hydrogen) atoms. The number of carbonyl (C=O) groups is 2. The first-order valence-electron chi connectivity index (χ1n) is 13.0. The molecule has 0 aliphatic rings. The van der Waals surface area contributed by atoms with Crippen LogP contribution in [0.4, 0.5) is 5.69 Å². The molecule has 0 saturated carbocycles. The lowest BCUT2D eigenvalue weighted by Gasteiger charge is -2.33. The number of aryl methyl sites for hydroxylation is 1. The molecule has 0 aliphatic heterocycles. The fourth-order valence-corrected chi connectivity index (χ4v) is 5.81. The number of nitrogens with zero attached hydrogens (tertiary/aromatic N) is 2. The van der Waals surface area contributed by atoms with Gasteiger partial charge in [-0.1, -0.05) is 80.9 Å². The number of hydrogen-bond acceptors (Lipinski definition) is 4. The maximum atomic E-state index is 14.0. The average molecular weight is 570 g/mol. The molecular weight excluding hydrogens is 534 g/mol. The Balaban J connectivity index is 2.05. The summed E-state index contributed by atoms with van der Waals surface area (Å²) in [5.74, 6) is -0.575. The van der Waals surface area contributed by atoms with Gasteiger partial charge >= 0.3 is 0 Å². The molecule has 1 atom stereocenters. The third kappa shape index (κ3) is 7.83. The zero-order chi connectivity index (χ0) is 28.6. The van der Waals surface area contributed by atoms with Gasteiger partial charge in [0.15, 0.2) is 0 Å². The van der Waals surface area contributed by atoms with Gasteiger partial charge in [0.1, 0.15) is 12.6 Å². The fraction of sp³-hybridized carbons (Fsp3) is 0.333. The Morgan fingerprint density at radius 1 is 0.949 bits per heavy atom. The topological polar surface area (TPSA) is 86.8 Å². The van der Waals surface area contributed by atoms with Gasteiger partial charge in [-0.15, -0.1) is 0 Å². The van der Waals surface area contributed by atoms with E-state index >= 15 is 0 Å². The van der Waals surface area contributed by atoms with Crippen molar-refractivity contribution in [3.8, 4) is 0 Å². The molecule has 0 fully saturated rings. The normalized spacial score (nSPS) is 12.2. The molecule has 208 valence electrons. The van der Waals surface area contributed by atoms with Crippen molar-refractivity contribution in [2.24, 2.45) is 5.92 Å². The number of benzene rings is 3. The van der Waals surface area contributed by atoms with Crippen LogP contribution in [0.25, 0.3) is 0 Å². The second-order valence-electron chi connectivity index (χ2n) is 9.84. The van der Waals surface area contributed by atoms with Gasteiger partial charge in [0.25, 0.3) is 10.0 Å².